The van der Waals surface area contributed by atoms with Crippen molar-refractivity contribution < 1.29 is 14.0 Å². The van der Waals surface area contributed by atoms with Crippen molar-refractivity contribution >= 4 is 11.6 Å². The topological polar surface area (TPSA) is 34.1 Å². The zero-order valence-electron chi connectivity index (χ0n) is 8.20. The lowest BCUT2D eigenvalue weighted by molar-refractivity contribution is -0.131. The Morgan fingerprint density at radius 2 is 1.67 bits per heavy atom. The van der Waals surface area contributed by atoms with Gasteiger partial charge in [0, 0.05) is 18.4 Å². The van der Waals surface area contributed by atoms with E-state index in [2.05, 4.69) is 0 Å². The van der Waals surface area contributed by atoms with E-state index in [4.69, 9.17) is 0 Å². The minimum atomic E-state index is -0.861. The molecule has 2 nitrogen and oxygen atoms in total. The summed E-state index contributed by atoms with van der Waals surface area (Å²) in [6, 6.07) is 6.00. The van der Waals surface area contributed by atoms with Crippen LogP contribution in [0.4, 0.5) is 4.39 Å². The molecular formula is C12H11FO2. The Balaban J connectivity index is 2.40. The number of carbonyl (C=O) groups is 2. The van der Waals surface area contributed by atoms with Crippen molar-refractivity contribution in [1.82, 2.24) is 0 Å². The van der Waals surface area contributed by atoms with Crippen LogP contribution in [0.5, 0.6) is 0 Å². The largest absolute Gasteiger partial charge is 0.299 e. The molecule has 0 saturated heterocycles. The average molecular weight is 206 g/mol. The second-order valence-electron chi connectivity index (χ2n) is 3.74. The average Bonchev–Trinajstić information content (AvgIpc) is 2.20. The molecule has 2 rings (SSSR count). The van der Waals surface area contributed by atoms with E-state index in [0.29, 0.717) is 19.3 Å². The molecule has 1 aromatic carbocycles. The van der Waals surface area contributed by atoms with Gasteiger partial charge in [-0.2, -0.15) is 0 Å². The fraction of sp³-hybridized carbons (Fsp3) is 0.333. The Labute approximate surface area is 87.1 Å². The van der Waals surface area contributed by atoms with Crippen LogP contribution < -0.4 is 0 Å². The predicted octanol–water partition coefficient (Wildman–Crippen LogP) is 2.23. The number of benzene rings is 1. The van der Waals surface area contributed by atoms with Gasteiger partial charge < -0.3 is 0 Å². The molecule has 1 aromatic rings. The van der Waals surface area contributed by atoms with E-state index in [1.54, 1.807) is 12.1 Å². The number of halogens is 1. The van der Waals surface area contributed by atoms with Crippen molar-refractivity contribution in [2.24, 2.45) is 0 Å². The molecule has 78 valence electrons. The molecular weight excluding hydrogens is 195 g/mol. The van der Waals surface area contributed by atoms with Crippen LogP contribution in [-0.4, -0.2) is 11.6 Å². The van der Waals surface area contributed by atoms with Crippen LogP contribution in [0.15, 0.2) is 24.3 Å². The van der Waals surface area contributed by atoms with Crippen molar-refractivity contribution in [3.63, 3.8) is 0 Å². The van der Waals surface area contributed by atoms with E-state index in [0.717, 1.165) is 0 Å². The third kappa shape index (κ3) is 1.82. The van der Waals surface area contributed by atoms with Crippen LogP contribution >= 0.6 is 0 Å². The first kappa shape index (κ1) is 10.0. The van der Waals surface area contributed by atoms with E-state index in [1.807, 2.05) is 0 Å². The summed E-state index contributed by atoms with van der Waals surface area (Å²) >= 11 is 0. The minimum Gasteiger partial charge on any atom is -0.299 e. The van der Waals surface area contributed by atoms with E-state index in [-0.39, 0.29) is 17.1 Å². The van der Waals surface area contributed by atoms with Crippen molar-refractivity contribution in [1.29, 1.82) is 0 Å². The molecule has 0 atom stereocenters. The smallest absolute Gasteiger partial charge is 0.147 e. The summed E-state index contributed by atoms with van der Waals surface area (Å²) in [6.45, 7) is 0. The number of carbonyl (C=O) groups excluding carboxylic acids is 2. The third-order valence-electron chi connectivity index (χ3n) is 2.71. The first-order valence-electron chi connectivity index (χ1n) is 5.00. The van der Waals surface area contributed by atoms with Crippen molar-refractivity contribution in [2.75, 3.05) is 0 Å². The van der Waals surface area contributed by atoms with Gasteiger partial charge in [0.1, 0.15) is 23.3 Å². The van der Waals surface area contributed by atoms with Gasteiger partial charge >= 0.3 is 0 Å². The van der Waals surface area contributed by atoms with Gasteiger partial charge in [-0.05, 0) is 12.5 Å². The molecule has 0 bridgehead atoms. The summed E-state index contributed by atoms with van der Waals surface area (Å²) in [5.41, 5.74) is 0.229. The SMILES string of the molecule is O=C1CCCC(=O)C1c1ccccc1F. The second kappa shape index (κ2) is 3.93. The van der Waals surface area contributed by atoms with Crippen LogP contribution in [0.3, 0.4) is 0 Å². The lowest BCUT2D eigenvalue weighted by Crippen LogP contribution is -2.27. The summed E-state index contributed by atoms with van der Waals surface area (Å²) in [5, 5.41) is 0. The van der Waals surface area contributed by atoms with Gasteiger partial charge in [-0.3, -0.25) is 9.59 Å². The fourth-order valence-electron chi connectivity index (χ4n) is 1.96. The summed E-state index contributed by atoms with van der Waals surface area (Å²) < 4.78 is 13.4. The number of hydrogen-bond acceptors (Lipinski definition) is 2. The Morgan fingerprint density at radius 3 is 2.27 bits per heavy atom. The normalized spacial score (nSPS) is 18.2. The summed E-state index contributed by atoms with van der Waals surface area (Å²) in [5.74, 6) is -1.64. The van der Waals surface area contributed by atoms with Gasteiger partial charge in [-0.15, -0.1) is 0 Å². The van der Waals surface area contributed by atoms with Crippen molar-refractivity contribution in [3.8, 4) is 0 Å². The second-order valence-corrected chi connectivity index (χ2v) is 3.74. The predicted molar refractivity (Wildman–Crippen MR) is 53.0 cm³/mol. The zero-order valence-corrected chi connectivity index (χ0v) is 8.20. The van der Waals surface area contributed by atoms with Gasteiger partial charge in [-0.1, -0.05) is 18.2 Å². The first-order valence-corrected chi connectivity index (χ1v) is 5.00. The molecule has 1 aliphatic carbocycles. The maximum Gasteiger partial charge on any atom is 0.147 e. The number of Topliss-reactive ketones (excluding diaryl/α,β-unsaturated/α-hetero) is 2. The lowest BCUT2D eigenvalue weighted by Gasteiger charge is -2.19. The Hall–Kier alpha value is -1.51. The molecule has 1 fully saturated rings. The monoisotopic (exact) mass is 206 g/mol. The quantitative estimate of drug-likeness (QED) is 0.660. The van der Waals surface area contributed by atoms with Gasteiger partial charge in [0.2, 0.25) is 0 Å². The molecule has 1 aliphatic rings. The zero-order chi connectivity index (χ0) is 10.8. The highest BCUT2D eigenvalue weighted by Crippen LogP contribution is 2.28. The molecule has 1 saturated carbocycles. The first-order chi connectivity index (χ1) is 7.20. The fourth-order valence-corrected chi connectivity index (χ4v) is 1.96. The van der Waals surface area contributed by atoms with E-state index in [1.165, 1.54) is 12.1 Å². The lowest BCUT2D eigenvalue weighted by atomic mass is 9.82. The molecule has 0 unspecified atom stereocenters. The molecule has 0 radical (unpaired) electrons. The maximum atomic E-state index is 13.4. The summed E-state index contributed by atoms with van der Waals surface area (Å²) in [4.78, 5) is 23.1. The highest BCUT2D eigenvalue weighted by atomic mass is 19.1. The van der Waals surface area contributed by atoms with Crippen molar-refractivity contribution in [2.45, 2.75) is 25.2 Å². The Bertz CT molecular complexity index is 396. The third-order valence-corrected chi connectivity index (χ3v) is 2.71. The Morgan fingerprint density at radius 1 is 1.07 bits per heavy atom. The van der Waals surface area contributed by atoms with Gasteiger partial charge in [0.25, 0.3) is 0 Å². The highest BCUT2D eigenvalue weighted by molar-refractivity contribution is 6.09. The van der Waals surface area contributed by atoms with Gasteiger partial charge in [0.15, 0.2) is 0 Å². The molecule has 0 amide bonds. The number of hydrogen-bond donors (Lipinski definition) is 0. The highest BCUT2D eigenvalue weighted by Gasteiger charge is 2.32. The van der Waals surface area contributed by atoms with Crippen LogP contribution in [0.25, 0.3) is 0 Å². The molecule has 0 spiro atoms. The molecule has 0 aliphatic heterocycles. The molecule has 0 aromatic heterocycles. The molecule has 0 heterocycles. The van der Waals surface area contributed by atoms with Crippen molar-refractivity contribution in [3.05, 3.63) is 35.6 Å². The molecule has 0 N–H and O–H groups in total. The molecule has 3 heteroatoms. The Kier molecular flexibility index (Phi) is 2.62. The van der Waals surface area contributed by atoms with Crippen LogP contribution in [0.2, 0.25) is 0 Å². The minimum absolute atomic E-state index is 0.156. The van der Waals surface area contributed by atoms with Gasteiger partial charge in [-0.25, -0.2) is 4.39 Å². The molecule has 15 heavy (non-hydrogen) atoms. The van der Waals surface area contributed by atoms with Crippen LogP contribution in [0, 0.1) is 5.82 Å². The van der Waals surface area contributed by atoms with E-state index in [9.17, 15) is 14.0 Å². The van der Waals surface area contributed by atoms with Gasteiger partial charge in [0.05, 0.1) is 0 Å². The maximum absolute atomic E-state index is 13.4. The van der Waals surface area contributed by atoms with E-state index < -0.39 is 11.7 Å². The van der Waals surface area contributed by atoms with E-state index >= 15 is 0 Å². The van der Waals surface area contributed by atoms with Crippen LogP contribution in [-0.2, 0) is 9.59 Å². The summed E-state index contributed by atoms with van der Waals surface area (Å²) in [7, 11) is 0. The standard InChI is InChI=1S/C12H11FO2/c13-9-5-2-1-4-8(9)12-10(14)6-3-7-11(12)15/h1-2,4-5,12H,3,6-7H2. The summed E-state index contributed by atoms with van der Waals surface area (Å²) in [6.07, 6.45) is 1.36. The number of rotatable bonds is 1. The number of ketones is 2. The van der Waals surface area contributed by atoms with Crippen LogP contribution in [0.1, 0.15) is 30.7 Å².